The van der Waals surface area contributed by atoms with Crippen LogP contribution >= 0.6 is 0 Å². The van der Waals surface area contributed by atoms with Gasteiger partial charge in [0.25, 0.3) is 0 Å². The lowest BCUT2D eigenvalue weighted by Gasteiger charge is -2.03. The minimum atomic E-state index is 0.394. The zero-order valence-corrected chi connectivity index (χ0v) is 9.58. The van der Waals surface area contributed by atoms with Crippen molar-refractivity contribution in [2.75, 3.05) is 0 Å². The minimum absolute atomic E-state index is 0.394. The standard InChI is InChI=1S/C14H21O/c1-2-3-4-5-6-7-10-13-11-8-9-12-14(13)15/h8-12,15H,2-7H2,1H3. The van der Waals surface area contributed by atoms with Crippen molar-refractivity contribution in [3.05, 3.63) is 36.2 Å². The van der Waals surface area contributed by atoms with E-state index in [0.717, 1.165) is 12.0 Å². The number of hydrogen-bond donors (Lipinski definition) is 1. The summed E-state index contributed by atoms with van der Waals surface area (Å²) in [5.41, 5.74) is 0.966. The van der Waals surface area contributed by atoms with Crippen molar-refractivity contribution in [3.63, 3.8) is 0 Å². The van der Waals surface area contributed by atoms with Gasteiger partial charge in [0, 0.05) is 0 Å². The van der Waals surface area contributed by atoms with Gasteiger partial charge in [-0.3, -0.25) is 0 Å². The number of para-hydroxylation sites is 1. The maximum absolute atomic E-state index is 9.52. The molecule has 0 bridgehead atoms. The van der Waals surface area contributed by atoms with Crippen LogP contribution in [0.5, 0.6) is 5.75 Å². The summed E-state index contributed by atoms with van der Waals surface area (Å²) in [5.74, 6) is 0.394. The fourth-order valence-electron chi connectivity index (χ4n) is 1.67. The molecule has 1 radical (unpaired) electrons. The first-order valence-corrected chi connectivity index (χ1v) is 5.95. The molecule has 0 aliphatic carbocycles. The van der Waals surface area contributed by atoms with E-state index in [1.807, 2.05) is 18.2 Å². The van der Waals surface area contributed by atoms with E-state index in [4.69, 9.17) is 0 Å². The Bertz CT molecular complexity index is 268. The van der Waals surface area contributed by atoms with E-state index >= 15 is 0 Å². The Morgan fingerprint density at radius 3 is 2.53 bits per heavy atom. The summed E-state index contributed by atoms with van der Waals surface area (Å²) in [7, 11) is 0. The first kappa shape index (κ1) is 12.1. The highest BCUT2D eigenvalue weighted by molar-refractivity contribution is 5.36. The van der Waals surface area contributed by atoms with E-state index in [2.05, 4.69) is 13.3 Å². The number of phenolic OH excluding ortho intramolecular Hbond substituents is 1. The maximum atomic E-state index is 9.52. The Hall–Kier alpha value is -0.980. The van der Waals surface area contributed by atoms with Crippen LogP contribution in [0.25, 0.3) is 0 Å². The van der Waals surface area contributed by atoms with E-state index in [1.165, 1.54) is 32.1 Å². The van der Waals surface area contributed by atoms with Gasteiger partial charge in [-0.2, -0.15) is 0 Å². The van der Waals surface area contributed by atoms with Gasteiger partial charge in [-0.05, 0) is 24.5 Å². The molecule has 0 amide bonds. The Labute approximate surface area is 93.1 Å². The van der Waals surface area contributed by atoms with Crippen molar-refractivity contribution in [1.29, 1.82) is 0 Å². The topological polar surface area (TPSA) is 20.2 Å². The molecule has 1 N–H and O–H groups in total. The SMILES string of the molecule is CCCCCCC[CH]c1ccccc1O. The third-order valence-electron chi connectivity index (χ3n) is 2.61. The van der Waals surface area contributed by atoms with E-state index in [9.17, 15) is 5.11 Å². The number of phenols is 1. The van der Waals surface area contributed by atoms with Crippen LogP contribution in [0.4, 0.5) is 0 Å². The summed E-state index contributed by atoms with van der Waals surface area (Å²) in [6, 6.07) is 7.51. The largest absolute Gasteiger partial charge is 0.508 e. The van der Waals surface area contributed by atoms with Crippen LogP contribution in [0.15, 0.2) is 24.3 Å². The predicted molar refractivity (Wildman–Crippen MR) is 64.9 cm³/mol. The summed E-state index contributed by atoms with van der Waals surface area (Å²) in [6.45, 7) is 2.23. The Kier molecular flexibility index (Phi) is 5.91. The minimum Gasteiger partial charge on any atom is -0.508 e. The van der Waals surface area contributed by atoms with Gasteiger partial charge in [0.05, 0.1) is 0 Å². The van der Waals surface area contributed by atoms with E-state index < -0.39 is 0 Å². The molecule has 0 aromatic heterocycles. The number of benzene rings is 1. The Morgan fingerprint density at radius 1 is 1.07 bits per heavy atom. The zero-order chi connectivity index (χ0) is 10.9. The zero-order valence-electron chi connectivity index (χ0n) is 9.58. The lowest BCUT2D eigenvalue weighted by Crippen LogP contribution is -1.84. The van der Waals surface area contributed by atoms with Crippen LogP contribution in [0.2, 0.25) is 0 Å². The number of rotatable bonds is 7. The molecule has 15 heavy (non-hydrogen) atoms. The summed E-state index contributed by atoms with van der Waals surface area (Å²) in [6.07, 6.45) is 9.71. The summed E-state index contributed by atoms with van der Waals surface area (Å²) in [5, 5.41) is 9.52. The second-order valence-electron chi connectivity index (χ2n) is 3.97. The van der Waals surface area contributed by atoms with Crippen molar-refractivity contribution in [2.24, 2.45) is 0 Å². The Balaban J connectivity index is 2.12. The first-order valence-electron chi connectivity index (χ1n) is 5.95. The maximum Gasteiger partial charge on any atom is 0.119 e. The van der Waals surface area contributed by atoms with Gasteiger partial charge in [-0.25, -0.2) is 0 Å². The van der Waals surface area contributed by atoms with Crippen molar-refractivity contribution in [1.82, 2.24) is 0 Å². The van der Waals surface area contributed by atoms with Crippen LogP contribution in [0, 0.1) is 6.42 Å². The van der Waals surface area contributed by atoms with Crippen molar-refractivity contribution in [2.45, 2.75) is 45.4 Å². The number of aromatic hydroxyl groups is 1. The summed E-state index contributed by atoms with van der Waals surface area (Å²) < 4.78 is 0. The molecule has 0 aliphatic heterocycles. The molecule has 0 heterocycles. The van der Waals surface area contributed by atoms with E-state index in [-0.39, 0.29) is 0 Å². The average Bonchev–Trinajstić information content (AvgIpc) is 2.25. The highest BCUT2D eigenvalue weighted by Crippen LogP contribution is 2.20. The average molecular weight is 205 g/mol. The van der Waals surface area contributed by atoms with Crippen molar-refractivity contribution in [3.8, 4) is 5.75 Å². The van der Waals surface area contributed by atoms with Crippen LogP contribution in [-0.2, 0) is 0 Å². The predicted octanol–water partition coefficient (Wildman–Crippen LogP) is 4.31. The molecule has 1 rings (SSSR count). The van der Waals surface area contributed by atoms with Gasteiger partial charge in [0.2, 0.25) is 0 Å². The molecule has 0 spiro atoms. The van der Waals surface area contributed by atoms with Crippen molar-refractivity contribution >= 4 is 0 Å². The third-order valence-corrected chi connectivity index (χ3v) is 2.61. The molecule has 0 saturated carbocycles. The lowest BCUT2D eigenvalue weighted by molar-refractivity contribution is 0.471. The van der Waals surface area contributed by atoms with Gasteiger partial charge in [-0.1, -0.05) is 57.2 Å². The molecular formula is C14H21O. The third kappa shape index (κ3) is 4.87. The molecule has 1 heteroatoms. The van der Waals surface area contributed by atoms with Crippen LogP contribution in [-0.4, -0.2) is 5.11 Å². The molecule has 1 nitrogen and oxygen atoms in total. The molecule has 0 fully saturated rings. The fraction of sp³-hybridized carbons (Fsp3) is 0.500. The van der Waals surface area contributed by atoms with Crippen molar-refractivity contribution < 1.29 is 5.11 Å². The van der Waals surface area contributed by atoms with Gasteiger partial charge >= 0.3 is 0 Å². The molecule has 0 atom stereocenters. The quantitative estimate of drug-likeness (QED) is 0.658. The number of unbranched alkanes of at least 4 members (excludes halogenated alkanes) is 5. The molecular weight excluding hydrogens is 184 g/mol. The highest BCUT2D eigenvalue weighted by Gasteiger charge is 1.99. The van der Waals surface area contributed by atoms with Gasteiger partial charge in [-0.15, -0.1) is 0 Å². The van der Waals surface area contributed by atoms with Crippen LogP contribution in [0.3, 0.4) is 0 Å². The molecule has 0 saturated heterocycles. The summed E-state index contributed by atoms with van der Waals surface area (Å²) >= 11 is 0. The number of hydrogen-bond acceptors (Lipinski definition) is 1. The van der Waals surface area contributed by atoms with Gasteiger partial charge < -0.3 is 5.11 Å². The van der Waals surface area contributed by atoms with Gasteiger partial charge in [0.15, 0.2) is 0 Å². The smallest absolute Gasteiger partial charge is 0.119 e. The second-order valence-corrected chi connectivity index (χ2v) is 3.97. The van der Waals surface area contributed by atoms with Crippen LogP contribution < -0.4 is 0 Å². The van der Waals surface area contributed by atoms with Gasteiger partial charge in [0.1, 0.15) is 5.75 Å². The fourth-order valence-corrected chi connectivity index (χ4v) is 1.67. The molecule has 83 valence electrons. The van der Waals surface area contributed by atoms with Crippen LogP contribution in [0.1, 0.15) is 51.0 Å². The highest BCUT2D eigenvalue weighted by atomic mass is 16.3. The second kappa shape index (κ2) is 7.33. The molecule has 1 aromatic carbocycles. The lowest BCUT2D eigenvalue weighted by atomic mass is 10.0. The molecule has 1 aromatic rings. The molecule has 0 unspecified atom stereocenters. The van der Waals surface area contributed by atoms with E-state index in [0.29, 0.717) is 5.75 Å². The normalized spacial score (nSPS) is 10.5. The summed E-state index contributed by atoms with van der Waals surface area (Å²) in [4.78, 5) is 0. The first-order chi connectivity index (χ1) is 7.34. The molecule has 0 aliphatic rings. The Morgan fingerprint density at radius 2 is 1.80 bits per heavy atom. The van der Waals surface area contributed by atoms with E-state index in [1.54, 1.807) is 6.07 Å². The monoisotopic (exact) mass is 205 g/mol.